The van der Waals surface area contributed by atoms with E-state index in [1.807, 2.05) is 0 Å². The quantitative estimate of drug-likeness (QED) is 0.288. The van der Waals surface area contributed by atoms with E-state index in [1.165, 1.54) is 41.3 Å². The number of anilines is 1. The van der Waals surface area contributed by atoms with E-state index < -0.39 is 22.7 Å². The molecule has 0 aliphatic carbocycles. The number of hydrogen-bond donors (Lipinski definition) is 1. The molecule has 146 valence electrons. The fraction of sp³-hybridized carbons (Fsp3) is 0.118. The summed E-state index contributed by atoms with van der Waals surface area (Å²) in [4.78, 5) is 37.2. The molecule has 1 aliphatic heterocycles. The van der Waals surface area contributed by atoms with Crippen LogP contribution in [0, 0.1) is 10.1 Å². The summed E-state index contributed by atoms with van der Waals surface area (Å²) in [5, 5.41) is 27.3. The third-order valence-electron chi connectivity index (χ3n) is 4.32. The van der Waals surface area contributed by atoms with E-state index in [-0.39, 0.29) is 28.5 Å². The minimum Gasteiger partial charge on any atom is -0.464 e. The van der Waals surface area contributed by atoms with E-state index >= 15 is 0 Å². The number of fused-ring (bicyclic) bond motifs is 1. The summed E-state index contributed by atoms with van der Waals surface area (Å²) in [5.41, 5.74) is -0.292. The van der Waals surface area contributed by atoms with Crippen molar-refractivity contribution in [2.45, 2.75) is 6.04 Å². The largest absolute Gasteiger partial charge is 0.464 e. The van der Waals surface area contributed by atoms with Crippen LogP contribution in [0.2, 0.25) is 0 Å². The monoisotopic (exact) mass is 412 g/mol. The van der Waals surface area contributed by atoms with E-state index in [9.17, 15) is 19.7 Å². The zero-order chi connectivity index (χ0) is 20.5. The Morgan fingerprint density at radius 2 is 2.07 bits per heavy atom. The fourth-order valence-corrected chi connectivity index (χ4v) is 3.78. The number of benzene rings is 1. The zero-order valence-electron chi connectivity index (χ0n) is 14.8. The number of nitrogens with one attached hydrogen (secondary N) is 1. The minimum absolute atomic E-state index is 0.0478. The number of carbonyl (C=O) groups is 2. The maximum Gasteiger partial charge on any atom is 0.355 e. The molecule has 0 unspecified atom stereocenters. The third-order valence-corrected chi connectivity index (χ3v) is 5.19. The number of tetrazole rings is 1. The average molecular weight is 412 g/mol. The summed E-state index contributed by atoms with van der Waals surface area (Å²) >= 11 is 1.18. The number of esters is 1. The molecular weight excluding hydrogens is 400 g/mol. The molecule has 2 aromatic heterocycles. The number of carbonyl (C=O) groups excluding carboxylic acids is 2. The summed E-state index contributed by atoms with van der Waals surface area (Å²) in [6.07, 6.45) is 0. The number of ether oxygens (including phenoxy) is 1. The van der Waals surface area contributed by atoms with Crippen molar-refractivity contribution >= 4 is 34.7 Å². The molecule has 0 radical (unpaired) electrons. The van der Waals surface area contributed by atoms with Gasteiger partial charge in [-0.2, -0.15) is 4.68 Å². The van der Waals surface area contributed by atoms with Crippen molar-refractivity contribution in [2.75, 3.05) is 12.4 Å². The molecule has 0 saturated carbocycles. The first kappa shape index (κ1) is 18.4. The number of ketones is 1. The molecule has 0 fully saturated rings. The predicted octanol–water partition coefficient (Wildman–Crippen LogP) is 1.97. The van der Waals surface area contributed by atoms with Gasteiger partial charge in [-0.05, 0) is 27.9 Å². The molecule has 0 saturated heterocycles. The number of allylic oxidation sites excluding steroid dienone is 1. The van der Waals surface area contributed by atoms with Crippen molar-refractivity contribution in [3.63, 3.8) is 0 Å². The van der Waals surface area contributed by atoms with E-state index in [2.05, 4.69) is 20.8 Å². The molecule has 1 aromatic carbocycles. The van der Waals surface area contributed by atoms with E-state index in [0.29, 0.717) is 4.88 Å². The number of nitro benzene ring substituents is 1. The molecule has 12 heteroatoms. The van der Waals surface area contributed by atoms with Gasteiger partial charge in [0.1, 0.15) is 11.7 Å². The molecule has 0 amide bonds. The highest BCUT2D eigenvalue weighted by atomic mass is 32.1. The van der Waals surface area contributed by atoms with Crippen molar-refractivity contribution in [1.29, 1.82) is 0 Å². The van der Waals surface area contributed by atoms with Gasteiger partial charge in [0.15, 0.2) is 0 Å². The Hall–Kier alpha value is -3.93. The molecule has 3 aromatic rings. The Morgan fingerprint density at radius 1 is 1.28 bits per heavy atom. The fourth-order valence-electron chi connectivity index (χ4n) is 3.10. The van der Waals surface area contributed by atoms with E-state index in [1.54, 1.807) is 23.6 Å². The summed E-state index contributed by atoms with van der Waals surface area (Å²) in [6, 6.07) is 8.10. The van der Waals surface area contributed by atoms with Crippen LogP contribution in [0.1, 0.15) is 21.3 Å². The number of rotatable bonds is 5. The molecule has 11 nitrogen and oxygen atoms in total. The lowest BCUT2D eigenvalue weighted by Gasteiger charge is -2.27. The second-order valence-electron chi connectivity index (χ2n) is 5.88. The predicted molar refractivity (Wildman–Crippen MR) is 100 cm³/mol. The maximum absolute atomic E-state index is 13.3. The van der Waals surface area contributed by atoms with E-state index in [4.69, 9.17) is 4.74 Å². The highest BCUT2D eigenvalue weighted by molar-refractivity contribution is 7.12. The molecule has 3 heterocycles. The first-order chi connectivity index (χ1) is 14.0. The van der Waals surface area contributed by atoms with Gasteiger partial charge in [0.2, 0.25) is 11.7 Å². The number of thiophene rings is 1. The lowest BCUT2D eigenvalue weighted by Crippen LogP contribution is -2.33. The molecule has 0 bridgehead atoms. The standard InChI is InChI=1S/C17H12N6O5S/c1-28-16(25)13-12(15(24)11-7-4-8-29-11)14(22-17(18-13)19-20-21-22)9-5-2-3-6-10(9)23(26)27/h2-8,14H,1H3,(H,18,19,21)/t14-/m1/s1. The Kier molecular flexibility index (Phi) is 4.60. The Morgan fingerprint density at radius 3 is 2.76 bits per heavy atom. The Bertz CT molecular complexity index is 1150. The van der Waals surface area contributed by atoms with Crippen LogP contribution in [-0.2, 0) is 9.53 Å². The maximum atomic E-state index is 13.3. The number of aromatic nitrogens is 4. The topological polar surface area (TPSA) is 142 Å². The van der Waals surface area contributed by atoms with Crippen LogP contribution in [0.5, 0.6) is 0 Å². The summed E-state index contributed by atoms with van der Waals surface area (Å²) < 4.78 is 6.05. The molecule has 1 atom stereocenters. The summed E-state index contributed by atoms with van der Waals surface area (Å²) in [5.74, 6) is -1.25. The van der Waals surface area contributed by atoms with Crippen molar-refractivity contribution < 1.29 is 19.2 Å². The Labute approximate surface area is 166 Å². The van der Waals surface area contributed by atoms with Gasteiger partial charge in [0.25, 0.3) is 5.69 Å². The van der Waals surface area contributed by atoms with Crippen LogP contribution in [-0.4, -0.2) is 44.0 Å². The SMILES string of the molecule is COC(=O)C1=C(C(=O)c2cccs2)[C@@H](c2ccccc2[N+](=O)[O-])n2nnnc2N1. The number of nitro groups is 1. The number of para-hydroxylation sites is 1. The van der Waals surface area contributed by atoms with Gasteiger partial charge in [0, 0.05) is 6.07 Å². The van der Waals surface area contributed by atoms with Gasteiger partial charge < -0.3 is 10.1 Å². The average Bonchev–Trinajstić information content (AvgIpc) is 3.43. The minimum atomic E-state index is -1.11. The van der Waals surface area contributed by atoms with Gasteiger partial charge in [-0.3, -0.25) is 14.9 Å². The molecule has 0 spiro atoms. The molecular formula is C17H12N6O5S. The number of hydrogen-bond acceptors (Lipinski definition) is 10. The normalized spacial score (nSPS) is 15.4. The third kappa shape index (κ3) is 3.04. The highest BCUT2D eigenvalue weighted by Crippen LogP contribution is 2.40. The second-order valence-corrected chi connectivity index (χ2v) is 6.82. The summed E-state index contributed by atoms with van der Waals surface area (Å²) in [6.45, 7) is 0. The zero-order valence-corrected chi connectivity index (χ0v) is 15.6. The van der Waals surface area contributed by atoms with Crippen molar-refractivity contribution in [1.82, 2.24) is 20.2 Å². The van der Waals surface area contributed by atoms with Crippen LogP contribution >= 0.6 is 11.3 Å². The van der Waals surface area contributed by atoms with Crippen molar-refractivity contribution in [3.05, 3.63) is 73.6 Å². The van der Waals surface area contributed by atoms with Crippen LogP contribution in [0.3, 0.4) is 0 Å². The van der Waals surface area contributed by atoms with Crippen LogP contribution in [0.15, 0.2) is 53.0 Å². The first-order valence-electron chi connectivity index (χ1n) is 8.21. The summed E-state index contributed by atoms with van der Waals surface area (Å²) in [7, 11) is 1.17. The van der Waals surface area contributed by atoms with Gasteiger partial charge in [-0.25, -0.2) is 4.79 Å². The number of nitrogens with zero attached hydrogens (tertiary/aromatic N) is 5. The number of methoxy groups -OCH3 is 1. The van der Waals surface area contributed by atoms with Crippen LogP contribution < -0.4 is 5.32 Å². The lowest BCUT2D eigenvalue weighted by atomic mass is 9.90. The van der Waals surface area contributed by atoms with Gasteiger partial charge >= 0.3 is 5.97 Å². The Balaban J connectivity index is 2.02. The lowest BCUT2D eigenvalue weighted by molar-refractivity contribution is -0.385. The number of Topliss-reactive ketones (excluding diaryl/α,β-unsaturated/α-hetero) is 1. The van der Waals surface area contributed by atoms with Crippen molar-refractivity contribution in [3.8, 4) is 0 Å². The van der Waals surface area contributed by atoms with Gasteiger partial charge in [0.05, 0.1) is 28.0 Å². The first-order valence-corrected chi connectivity index (χ1v) is 9.09. The van der Waals surface area contributed by atoms with Gasteiger partial charge in [-0.15, -0.1) is 11.3 Å². The van der Waals surface area contributed by atoms with Crippen molar-refractivity contribution in [2.24, 2.45) is 0 Å². The highest BCUT2D eigenvalue weighted by Gasteiger charge is 2.41. The molecule has 29 heavy (non-hydrogen) atoms. The smallest absolute Gasteiger partial charge is 0.355 e. The molecule has 1 N–H and O–H groups in total. The van der Waals surface area contributed by atoms with E-state index in [0.717, 1.165) is 0 Å². The van der Waals surface area contributed by atoms with Crippen LogP contribution in [0.25, 0.3) is 0 Å². The molecule has 1 aliphatic rings. The van der Waals surface area contributed by atoms with Gasteiger partial charge in [-0.1, -0.05) is 23.3 Å². The second kappa shape index (κ2) is 7.24. The molecule has 4 rings (SSSR count). The van der Waals surface area contributed by atoms with Crippen LogP contribution in [0.4, 0.5) is 11.6 Å².